The van der Waals surface area contributed by atoms with Gasteiger partial charge in [-0.2, -0.15) is 13.2 Å². The third-order valence-electron chi connectivity index (χ3n) is 5.72. The molecule has 31 heavy (non-hydrogen) atoms. The molecule has 2 aromatic heterocycles. The van der Waals surface area contributed by atoms with Gasteiger partial charge in [-0.15, -0.1) is 0 Å². The van der Waals surface area contributed by atoms with Crippen LogP contribution < -0.4 is 10.2 Å². The summed E-state index contributed by atoms with van der Waals surface area (Å²) < 4.78 is 52.3. The van der Waals surface area contributed by atoms with Crippen LogP contribution in [-0.4, -0.2) is 52.4 Å². The second-order valence-corrected chi connectivity index (χ2v) is 8.25. The first-order chi connectivity index (χ1) is 14.7. The number of hydrogen-bond donors (Lipinski definition) is 1. The van der Waals surface area contributed by atoms with Crippen LogP contribution >= 0.6 is 11.6 Å². The molecular weight excluding hydrogens is 440 g/mol. The number of aliphatic imine (C=N–C) groups is 1. The number of pyridine rings is 1. The standard InChI is InChI=1S/C19H15ClF4N6O/c20-9-2-11-12(4-26-15(11)25-3-9)16-27-5-13(21)17(29-16)30-6-8-1-10(8)14(30)18(31)28-7-19(22,23)24/h2-5,8,10,12,14H,1,6-7H2,(H,28,31)/t8?,10?,12?,14-/m0/s1. The van der Waals surface area contributed by atoms with Crippen molar-refractivity contribution in [3.63, 3.8) is 0 Å². The van der Waals surface area contributed by atoms with Gasteiger partial charge in [0.1, 0.15) is 18.4 Å². The van der Waals surface area contributed by atoms with E-state index in [2.05, 4.69) is 19.9 Å². The first-order valence-corrected chi connectivity index (χ1v) is 9.92. The third-order valence-corrected chi connectivity index (χ3v) is 5.93. The smallest absolute Gasteiger partial charge is 0.345 e. The summed E-state index contributed by atoms with van der Waals surface area (Å²) in [6.07, 6.45) is 0.209. The molecule has 0 spiro atoms. The van der Waals surface area contributed by atoms with Gasteiger partial charge in [0.15, 0.2) is 17.5 Å². The average Bonchev–Trinajstić information content (AvgIpc) is 3.18. The van der Waals surface area contributed by atoms with Crippen LogP contribution in [0.15, 0.2) is 23.5 Å². The molecule has 0 aromatic carbocycles. The van der Waals surface area contributed by atoms with Gasteiger partial charge < -0.3 is 10.2 Å². The maximum absolute atomic E-state index is 14.7. The molecule has 1 N–H and O–H groups in total. The zero-order chi connectivity index (χ0) is 21.9. The molecule has 1 amide bonds. The summed E-state index contributed by atoms with van der Waals surface area (Å²) in [6.45, 7) is -1.10. The minimum atomic E-state index is -4.53. The fourth-order valence-corrected chi connectivity index (χ4v) is 4.42. The van der Waals surface area contributed by atoms with Crippen LogP contribution in [0, 0.1) is 17.7 Å². The van der Waals surface area contributed by atoms with Crippen molar-refractivity contribution in [2.75, 3.05) is 18.0 Å². The van der Waals surface area contributed by atoms with Gasteiger partial charge in [0, 0.05) is 24.5 Å². The molecule has 1 aliphatic carbocycles. The number of fused-ring (bicyclic) bond motifs is 2. The number of halogens is 5. The SMILES string of the molecule is O=C(NCC(F)(F)F)[C@@H]1C2CC2CN1c1nc(C2C=Nc3ncc(Cl)cc32)ncc1F. The van der Waals surface area contributed by atoms with Crippen molar-refractivity contribution < 1.29 is 22.4 Å². The second kappa shape index (κ2) is 7.11. The Morgan fingerprint density at radius 2 is 2.10 bits per heavy atom. The Balaban J connectivity index is 1.44. The van der Waals surface area contributed by atoms with Crippen LogP contribution in [0.4, 0.5) is 29.2 Å². The van der Waals surface area contributed by atoms with Crippen LogP contribution in [0.1, 0.15) is 23.7 Å². The molecule has 5 rings (SSSR count). The van der Waals surface area contributed by atoms with Gasteiger partial charge >= 0.3 is 6.18 Å². The van der Waals surface area contributed by atoms with E-state index in [4.69, 9.17) is 11.6 Å². The van der Waals surface area contributed by atoms with Crippen LogP contribution in [0.25, 0.3) is 0 Å². The molecule has 2 aromatic rings. The number of alkyl halides is 3. The Kier molecular flexibility index (Phi) is 4.61. The highest BCUT2D eigenvalue weighted by molar-refractivity contribution is 6.30. The molecule has 3 aliphatic rings. The fourth-order valence-electron chi connectivity index (χ4n) is 4.25. The zero-order valence-corrected chi connectivity index (χ0v) is 16.5. The van der Waals surface area contributed by atoms with E-state index < -0.39 is 36.4 Å². The normalized spacial score (nSPS) is 26.0. The number of carbonyl (C=O) groups is 1. The largest absolute Gasteiger partial charge is 0.405 e. The number of rotatable bonds is 4. The van der Waals surface area contributed by atoms with Crippen LogP contribution in [0.3, 0.4) is 0 Å². The lowest BCUT2D eigenvalue weighted by molar-refractivity contribution is -0.139. The van der Waals surface area contributed by atoms with E-state index in [1.165, 1.54) is 11.1 Å². The lowest BCUT2D eigenvalue weighted by atomic mass is 10.0. The molecule has 2 fully saturated rings. The van der Waals surface area contributed by atoms with Gasteiger partial charge in [0.05, 0.1) is 17.1 Å². The number of carbonyl (C=O) groups excluding carboxylic acids is 1. The maximum Gasteiger partial charge on any atom is 0.405 e. The van der Waals surface area contributed by atoms with Gasteiger partial charge in [-0.1, -0.05) is 11.6 Å². The monoisotopic (exact) mass is 454 g/mol. The maximum atomic E-state index is 14.7. The summed E-state index contributed by atoms with van der Waals surface area (Å²) in [7, 11) is 0. The fraction of sp³-hybridized carbons (Fsp3) is 0.421. The van der Waals surface area contributed by atoms with Crippen LogP contribution in [0.2, 0.25) is 5.02 Å². The summed E-state index contributed by atoms with van der Waals surface area (Å²) >= 11 is 6.02. The van der Waals surface area contributed by atoms with Crippen molar-refractivity contribution in [2.24, 2.45) is 16.8 Å². The predicted octanol–water partition coefficient (Wildman–Crippen LogP) is 3.02. The van der Waals surface area contributed by atoms with Crippen molar-refractivity contribution in [1.82, 2.24) is 20.3 Å². The van der Waals surface area contributed by atoms with Gasteiger partial charge in [0.2, 0.25) is 5.91 Å². The van der Waals surface area contributed by atoms with E-state index in [0.717, 1.165) is 6.20 Å². The lowest BCUT2D eigenvalue weighted by Gasteiger charge is -2.28. The Hall–Kier alpha value is -2.82. The highest BCUT2D eigenvalue weighted by Gasteiger charge is 2.56. The molecule has 0 radical (unpaired) electrons. The first kappa shape index (κ1) is 20.1. The predicted molar refractivity (Wildman–Crippen MR) is 103 cm³/mol. The molecule has 162 valence electrons. The molecule has 4 heterocycles. The molecule has 1 saturated heterocycles. The Labute approximate surface area is 178 Å². The highest BCUT2D eigenvalue weighted by Crippen LogP contribution is 2.51. The molecule has 7 nitrogen and oxygen atoms in total. The average molecular weight is 455 g/mol. The van der Waals surface area contributed by atoms with Crippen LogP contribution in [0.5, 0.6) is 0 Å². The van der Waals surface area contributed by atoms with Crippen molar-refractivity contribution in [3.05, 3.63) is 40.7 Å². The Morgan fingerprint density at radius 1 is 1.29 bits per heavy atom. The van der Waals surface area contributed by atoms with E-state index >= 15 is 0 Å². The van der Waals surface area contributed by atoms with Gasteiger partial charge in [-0.3, -0.25) is 4.79 Å². The van der Waals surface area contributed by atoms with Crippen molar-refractivity contribution in [1.29, 1.82) is 0 Å². The third kappa shape index (κ3) is 3.71. The number of anilines is 1. The molecule has 2 aliphatic heterocycles. The second-order valence-electron chi connectivity index (χ2n) is 7.81. The molecule has 3 unspecified atom stereocenters. The van der Waals surface area contributed by atoms with Gasteiger partial charge in [-0.05, 0) is 24.3 Å². The lowest BCUT2D eigenvalue weighted by Crippen LogP contribution is -2.48. The molecule has 4 atom stereocenters. The minimum absolute atomic E-state index is 0.110. The highest BCUT2D eigenvalue weighted by atomic mass is 35.5. The molecular formula is C19H15ClF4N6O. The minimum Gasteiger partial charge on any atom is -0.345 e. The molecule has 12 heteroatoms. The first-order valence-electron chi connectivity index (χ1n) is 9.54. The Morgan fingerprint density at radius 3 is 2.87 bits per heavy atom. The number of nitrogens with one attached hydrogen (secondary N) is 1. The number of piperidine rings is 1. The quantitative estimate of drug-likeness (QED) is 0.718. The Bertz CT molecular complexity index is 1090. The topological polar surface area (TPSA) is 83.4 Å². The van der Waals surface area contributed by atoms with E-state index in [9.17, 15) is 22.4 Å². The summed E-state index contributed by atoms with van der Waals surface area (Å²) in [5.41, 5.74) is 0.661. The van der Waals surface area contributed by atoms with Crippen LogP contribution in [-0.2, 0) is 4.79 Å². The van der Waals surface area contributed by atoms with E-state index in [-0.39, 0.29) is 23.5 Å². The van der Waals surface area contributed by atoms with Crippen molar-refractivity contribution >= 4 is 35.4 Å². The van der Waals surface area contributed by atoms with E-state index in [1.807, 2.05) is 5.32 Å². The molecule has 1 saturated carbocycles. The van der Waals surface area contributed by atoms with E-state index in [0.29, 0.717) is 29.4 Å². The van der Waals surface area contributed by atoms with Crippen molar-refractivity contribution in [3.8, 4) is 0 Å². The number of hydrogen-bond acceptors (Lipinski definition) is 6. The summed E-state index contributed by atoms with van der Waals surface area (Å²) in [6, 6.07) is 0.761. The number of nitrogens with zero attached hydrogens (tertiary/aromatic N) is 5. The number of aromatic nitrogens is 3. The zero-order valence-electron chi connectivity index (χ0n) is 15.8. The van der Waals surface area contributed by atoms with Gasteiger partial charge in [-0.25, -0.2) is 24.3 Å². The van der Waals surface area contributed by atoms with Gasteiger partial charge in [0.25, 0.3) is 0 Å². The summed E-state index contributed by atoms with van der Waals surface area (Å²) in [4.78, 5) is 30.7. The summed E-state index contributed by atoms with van der Waals surface area (Å²) in [5, 5.41) is 2.31. The number of amides is 1. The molecule has 0 bridgehead atoms. The van der Waals surface area contributed by atoms with Crippen molar-refractivity contribution in [2.45, 2.75) is 24.6 Å². The van der Waals surface area contributed by atoms with E-state index in [1.54, 1.807) is 12.3 Å². The summed E-state index contributed by atoms with van der Waals surface area (Å²) in [5.74, 6) is -1.46.